The van der Waals surface area contributed by atoms with E-state index in [-0.39, 0.29) is 61.2 Å². The van der Waals surface area contributed by atoms with Crippen molar-refractivity contribution in [2.75, 3.05) is 46.6 Å². The van der Waals surface area contributed by atoms with E-state index in [4.69, 9.17) is 34.5 Å². The summed E-state index contributed by atoms with van der Waals surface area (Å²) in [6, 6.07) is 0. The summed E-state index contributed by atoms with van der Waals surface area (Å²) in [5.41, 5.74) is 6.33. The number of carboxylic acid groups (broad SMARTS) is 1. The molecule has 3 aliphatic rings. The highest BCUT2D eigenvalue weighted by atomic mass is 16.8. The highest BCUT2D eigenvalue weighted by molar-refractivity contribution is 5.92. The Bertz CT molecular complexity index is 1360. The number of aliphatic hydroxyl groups excluding tert-OH is 4. The molecule has 0 aromatic rings. The quantitative estimate of drug-likeness (QED) is 0.0204. The first-order valence-electron chi connectivity index (χ1n) is 15.9. The van der Waals surface area contributed by atoms with Gasteiger partial charge in [-0.05, 0) is 20.3 Å². The molecule has 7 unspecified atom stereocenters. The zero-order valence-corrected chi connectivity index (χ0v) is 28.1. The number of aliphatic imine (C=N–C) groups is 1. The summed E-state index contributed by atoms with van der Waals surface area (Å²) in [5, 5.41) is 73.5. The predicted molar refractivity (Wildman–Crippen MR) is 174 cm³/mol. The molecule has 3 rings (SSSR count). The zero-order valence-electron chi connectivity index (χ0n) is 28.1. The third kappa shape index (κ3) is 9.68. The minimum atomic E-state index is -2.92. The van der Waals surface area contributed by atoms with Crippen molar-refractivity contribution in [2.45, 2.75) is 63.1 Å². The van der Waals surface area contributed by atoms with Crippen LogP contribution < -0.4 is 11.1 Å². The summed E-state index contributed by atoms with van der Waals surface area (Å²) >= 11 is 0. The first-order chi connectivity index (χ1) is 23.7. The van der Waals surface area contributed by atoms with Gasteiger partial charge in [-0.15, -0.1) is 6.58 Å². The molecule has 0 bridgehead atoms. The number of ether oxygens (including phenoxy) is 5. The molecule has 3 heterocycles. The third-order valence-electron chi connectivity index (χ3n) is 7.99. The van der Waals surface area contributed by atoms with Crippen LogP contribution in [0, 0.1) is 11.8 Å². The second kappa shape index (κ2) is 18.4. The smallest absolute Gasteiger partial charge is 0.337 e. The highest BCUT2D eigenvalue weighted by Gasteiger charge is 2.57. The van der Waals surface area contributed by atoms with Crippen LogP contribution >= 0.6 is 0 Å². The number of carbonyl (C=O) groups excluding carboxylic acids is 1. The number of nitrogens with two attached hydrogens (primary N) is 1. The minimum Gasteiger partial charge on any atom is -0.478 e. The molecule has 280 valence electrons. The van der Waals surface area contributed by atoms with Crippen molar-refractivity contribution in [1.29, 1.82) is 0 Å². The second-order valence-electron chi connectivity index (χ2n) is 11.9. The molecule has 0 radical (unpaired) electrons. The molecule has 50 heavy (non-hydrogen) atoms. The summed E-state index contributed by atoms with van der Waals surface area (Å²) < 4.78 is 28.1. The van der Waals surface area contributed by atoms with Gasteiger partial charge in [0.1, 0.15) is 12.2 Å². The van der Waals surface area contributed by atoms with Crippen LogP contribution in [-0.4, -0.2) is 148 Å². The molecule has 0 amide bonds. The van der Waals surface area contributed by atoms with Gasteiger partial charge in [0.2, 0.25) is 12.1 Å². The monoisotopic (exact) mass is 712 g/mol. The number of esters is 1. The fraction of sp³-hybridized carbons (Fsp3) is 0.594. The van der Waals surface area contributed by atoms with Gasteiger partial charge in [-0.1, -0.05) is 18.2 Å². The van der Waals surface area contributed by atoms with E-state index in [1.165, 1.54) is 19.3 Å². The number of rotatable bonds is 16. The lowest BCUT2D eigenvalue weighted by molar-refractivity contribution is -0.413. The fourth-order valence-electron chi connectivity index (χ4n) is 5.53. The molecule has 1 fully saturated rings. The van der Waals surface area contributed by atoms with Crippen LogP contribution in [0.15, 0.2) is 64.7 Å². The number of methoxy groups -OCH3 is 1. The fourth-order valence-corrected chi connectivity index (χ4v) is 5.53. The maximum atomic E-state index is 12.9. The summed E-state index contributed by atoms with van der Waals surface area (Å²) in [6.45, 7) is 6.07. The lowest BCUT2D eigenvalue weighted by Crippen LogP contribution is -2.69. The van der Waals surface area contributed by atoms with Crippen molar-refractivity contribution in [3.63, 3.8) is 0 Å². The number of hydrogen-bond donors (Lipinski definition) is 9. The largest absolute Gasteiger partial charge is 0.478 e. The normalized spacial score (nSPS) is 28.6. The van der Waals surface area contributed by atoms with Gasteiger partial charge in [0, 0.05) is 37.4 Å². The Labute approximate surface area is 289 Å². The number of guanidine groups is 1. The van der Waals surface area contributed by atoms with E-state index in [0.29, 0.717) is 6.42 Å². The van der Waals surface area contributed by atoms with E-state index in [1.807, 2.05) is 0 Å². The van der Waals surface area contributed by atoms with Crippen LogP contribution in [0.2, 0.25) is 0 Å². The van der Waals surface area contributed by atoms with Crippen molar-refractivity contribution in [3.05, 3.63) is 59.7 Å². The maximum Gasteiger partial charge on any atom is 0.337 e. The Kier molecular flexibility index (Phi) is 14.9. The van der Waals surface area contributed by atoms with Crippen LogP contribution in [0.25, 0.3) is 0 Å². The van der Waals surface area contributed by atoms with Gasteiger partial charge in [-0.2, -0.15) is 0 Å². The van der Waals surface area contributed by atoms with Gasteiger partial charge in [0.25, 0.3) is 0 Å². The van der Waals surface area contributed by atoms with Crippen molar-refractivity contribution >= 4 is 17.9 Å². The Morgan fingerprint density at radius 3 is 2.54 bits per heavy atom. The Morgan fingerprint density at radius 1 is 1.24 bits per heavy atom. The molecule has 7 atom stereocenters. The van der Waals surface area contributed by atoms with Gasteiger partial charge in [-0.3, -0.25) is 4.99 Å². The third-order valence-corrected chi connectivity index (χ3v) is 7.99. The van der Waals surface area contributed by atoms with Crippen LogP contribution in [0.1, 0.15) is 20.3 Å². The standard InChI is InChI=1S/C32H48N4O14/c1-5-19-20(8-7-18-13-36(10-12-38)14-21(27(41)42)24(18)35-31(33)34-9-6-11-37)22(28(43)46-4)16-47-29(19)50-30-26(48-17(2)3)32(44,45)25(40)23(15-39)49-30/h5,7-8,13,16-17,19-20,23,25-26,29-30,37-40,44-45H,1,6,9-12,14-15H2,2-4H3,(H,41,42)(H3,33,34,35). The highest BCUT2D eigenvalue weighted by Crippen LogP contribution is 2.38. The number of allylic oxidation sites excluding steroid dienone is 2. The molecule has 18 nitrogen and oxygen atoms in total. The van der Waals surface area contributed by atoms with E-state index < -0.39 is 73.2 Å². The molecule has 1 saturated heterocycles. The molecular weight excluding hydrogens is 664 g/mol. The number of aliphatic carboxylic acids is 1. The Balaban J connectivity index is 2.06. The van der Waals surface area contributed by atoms with E-state index in [1.54, 1.807) is 31.0 Å². The summed E-state index contributed by atoms with van der Waals surface area (Å²) in [4.78, 5) is 31.0. The van der Waals surface area contributed by atoms with Gasteiger partial charge in [0.05, 0.1) is 62.0 Å². The predicted octanol–water partition coefficient (Wildman–Crippen LogP) is -2.24. The van der Waals surface area contributed by atoms with Crippen LogP contribution in [0.3, 0.4) is 0 Å². The molecular formula is C32H48N4O14. The van der Waals surface area contributed by atoms with E-state index >= 15 is 0 Å². The number of nitrogens with one attached hydrogen (secondary N) is 1. The Hall–Kier alpha value is -3.85. The van der Waals surface area contributed by atoms with Crippen LogP contribution in [0.5, 0.6) is 0 Å². The zero-order chi connectivity index (χ0) is 37.2. The maximum absolute atomic E-state index is 12.9. The Morgan fingerprint density at radius 2 is 1.96 bits per heavy atom. The number of aliphatic hydroxyl groups is 6. The topological polar surface area (TPSA) is 276 Å². The average molecular weight is 713 g/mol. The number of β-amino-alcohol motifs (C(OH)–C–C–N with tert-alkyl or cyclic N) is 1. The molecule has 18 heteroatoms. The lowest BCUT2D eigenvalue weighted by Gasteiger charge is -2.48. The average Bonchev–Trinajstić information content (AvgIpc) is 3.07. The second-order valence-corrected chi connectivity index (χ2v) is 11.9. The summed E-state index contributed by atoms with van der Waals surface area (Å²) in [6.07, 6.45) is -1.17. The van der Waals surface area contributed by atoms with Crippen molar-refractivity contribution in [3.8, 4) is 0 Å². The number of carbonyl (C=O) groups is 2. The van der Waals surface area contributed by atoms with Crippen molar-refractivity contribution < 1.29 is 69.0 Å². The molecule has 3 aliphatic heterocycles. The van der Waals surface area contributed by atoms with Gasteiger partial charge < -0.3 is 75.4 Å². The van der Waals surface area contributed by atoms with Gasteiger partial charge in [0.15, 0.2) is 18.4 Å². The van der Waals surface area contributed by atoms with Crippen LogP contribution in [0.4, 0.5) is 0 Å². The molecule has 0 aromatic carbocycles. The summed E-state index contributed by atoms with van der Waals surface area (Å²) in [7, 11) is 1.17. The van der Waals surface area contributed by atoms with Crippen LogP contribution in [-0.2, 0) is 33.3 Å². The molecule has 0 aliphatic carbocycles. The van der Waals surface area contributed by atoms with Crippen molar-refractivity contribution in [1.82, 2.24) is 10.2 Å². The van der Waals surface area contributed by atoms with Gasteiger partial charge in [-0.25, -0.2) is 9.59 Å². The molecule has 0 aromatic heterocycles. The number of hydrogen-bond acceptors (Lipinski definition) is 15. The molecule has 0 saturated carbocycles. The van der Waals surface area contributed by atoms with E-state index in [9.17, 15) is 40.2 Å². The first-order valence-corrected chi connectivity index (χ1v) is 15.9. The first kappa shape index (κ1) is 40.6. The van der Waals surface area contributed by atoms with E-state index in [2.05, 4.69) is 16.9 Å². The molecule has 10 N–H and O–H groups in total. The summed E-state index contributed by atoms with van der Waals surface area (Å²) in [5.74, 6) is -6.90. The van der Waals surface area contributed by atoms with E-state index in [0.717, 1.165) is 6.26 Å². The number of carboxylic acids is 1. The SMILES string of the molecule is C=CC1C(OC2OC(CO)C(O)C(O)(O)C2OC(C)C)OC=C(C(=O)OC)C1C=CC1=CN(CCO)CC(C(=O)O)=C1NC(N)=NCCCO. The lowest BCUT2D eigenvalue weighted by atomic mass is 9.83. The van der Waals surface area contributed by atoms with Gasteiger partial charge >= 0.3 is 11.9 Å². The minimum absolute atomic E-state index is 0.0148. The number of nitrogens with zero attached hydrogens (tertiary/aromatic N) is 2. The van der Waals surface area contributed by atoms with Crippen molar-refractivity contribution in [2.24, 2.45) is 22.6 Å². The molecule has 0 spiro atoms.